The van der Waals surface area contributed by atoms with Crippen LogP contribution in [0.15, 0.2) is 11.4 Å². The third kappa shape index (κ3) is 1.86. The topological polar surface area (TPSA) is 12.0 Å². The zero-order valence-corrected chi connectivity index (χ0v) is 11.8. The summed E-state index contributed by atoms with van der Waals surface area (Å²) in [7, 11) is 0. The summed E-state index contributed by atoms with van der Waals surface area (Å²) >= 11 is 1.98. The Morgan fingerprint density at radius 1 is 1.47 bits per heavy atom. The van der Waals surface area contributed by atoms with Gasteiger partial charge in [0.15, 0.2) is 0 Å². The molecule has 1 N–H and O–H groups in total. The maximum absolute atomic E-state index is 3.78. The van der Waals surface area contributed by atoms with Crippen LogP contribution in [0.2, 0.25) is 0 Å². The normalized spacial score (nSPS) is 32.3. The van der Waals surface area contributed by atoms with Crippen molar-refractivity contribution in [2.24, 2.45) is 5.92 Å². The molecule has 1 aliphatic carbocycles. The van der Waals surface area contributed by atoms with Crippen LogP contribution >= 0.6 is 11.3 Å². The highest BCUT2D eigenvalue weighted by molar-refractivity contribution is 7.10. The van der Waals surface area contributed by atoms with Crippen LogP contribution in [0.25, 0.3) is 0 Å². The Morgan fingerprint density at radius 2 is 2.35 bits per heavy atom. The molecule has 0 bridgehead atoms. The summed E-state index contributed by atoms with van der Waals surface area (Å²) in [6, 6.07) is 3.13. The van der Waals surface area contributed by atoms with E-state index in [0.717, 1.165) is 12.0 Å². The fourth-order valence-corrected chi connectivity index (χ4v) is 4.95. The quantitative estimate of drug-likeness (QED) is 0.842. The van der Waals surface area contributed by atoms with Gasteiger partial charge in [-0.15, -0.1) is 11.3 Å². The van der Waals surface area contributed by atoms with E-state index in [-0.39, 0.29) is 0 Å². The Kier molecular flexibility index (Phi) is 3.04. The van der Waals surface area contributed by atoms with Crippen LogP contribution in [0.3, 0.4) is 0 Å². The molecule has 1 saturated heterocycles. The van der Waals surface area contributed by atoms with Crippen molar-refractivity contribution >= 4 is 11.3 Å². The van der Waals surface area contributed by atoms with Crippen molar-refractivity contribution < 1.29 is 0 Å². The van der Waals surface area contributed by atoms with Crippen LogP contribution in [0.1, 0.15) is 50.0 Å². The average molecular weight is 249 g/mol. The minimum absolute atomic E-state index is 0.484. The molecule has 0 amide bonds. The van der Waals surface area contributed by atoms with Crippen LogP contribution in [0.4, 0.5) is 0 Å². The second kappa shape index (κ2) is 4.40. The van der Waals surface area contributed by atoms with Crippen LogP contribution < -0.4 is 5.32 Å². The molecule has 2 atom stereocenters. The second-order valence-corrected chi connectivity index (χ2v) is 7.15. The van der Waals surface area contributed by atoms with Gasteiger partial charge in [-0.05, 0) is 61.6 Å². The van der Waals surface area contributed by atoms with Crippen LogP contribution in [-0.2, 0) is 11.8 Å². The van der Waals surface area contributed by atoms with Gasteiger partial charge in [0.1, 0.15) is 0 Å². The summed E-state index contributed by atoms with van der Waals surface area (Å²) in [5.41, 5.74) is 2.18. The van der Waals surface area contributed by atoms with Gasteiger partial charge in [0.05, 0.1) is 0 Å². The first kappa shape index (κ1) is 11.7. The molecular weight excluding hydrogens is 226 g/mol. The molecule has 3 rings (SSSR count). The lowest BCUT2D eigenvalue weighted by Gasteiger charge is -2.39. The molecule has 0 aromatic carbocycles. The van der Waals surface area contributed by atoms with Crippen molar-refractivity contribution in [3.63, 3.8) is 0 Å². The van der Waals surface area contributed by atoms with Gasteiger partial charge in [0.25, 0.3) is 0 Å². The lowest BCUT2D eigenvalue weighted by Crippen LogP contribution is -2.43. The Bertz CT molecular complexity index is 395. The highest BCUT2D eigenvalue weighted by Crippen LogP contribution is 2.48. The Labute approximate surface area is 109 Å². The van der Waals surface area contributed by atoms with Crippen molar-refractivity contribution in [3.8, 4) is 0 Å². The van der Waals surface area contributed by atoms with Gasteiger partial charge < -0.3 is 5.32 Å². The van der Waals surface area contributed by atoms with E-state index in [2.05, 4.69) is 30.6 Å². The molecule has 0 radical (unpaired) electrons. The average Bonchev–Trinajstić information content (AvgIpc) is 2.88. The van der Waals surface area contributed by atoms with E-state index in [9.17, 15) is 0 Å². The monoisotopic (exact) mass is 249 g/mol. The molecule has 0 saturated carbocycles. The fraction of sp³-hybridized carbons (Fsp3) is 0.733. The highest BCUT2D eigenvalue weighted by atomic mass is 32.1. The first-order valence-corrected chi connectivity index (χ1v) is 7.90. The molecule has 17 heavy (non-hydrogen) atoms. The molecule has 2 heterocycles. The van der Waals surface area contributed by atoms with Gasteiger partial charge in [-0.25, -0.2) is 0 Å². The summed E-state index contributed by atoms with van der Waals surface area (Å²) in [6.45, 7) is 5.92. The molecule has 1 aliphatic heterocycles. The van der Waals surface area contributed by atoms with Crippen molar-refractivity contribution in [1.82, 2.24) is 5.32 Å². The summed E-state index contributed by atoms with van der Waals surface area (Å²) in [4.78, 5) is 1.67. The number of rotatable bonds is 2. The number of thiophene rings is 1. The third-order valence-corrected chi connectivity index (χ3v) is 5.63. The summed E-state index contributed by atoms with van der Waals surface area (Å²) in [5.74, 6) is 0.798. The molecule has 1 nitrogen and oxygen atoms in total. The number of hydrogen-bond donors (Lipinski definition) is 1. The van der Waals surface area contributed by atoms with E-state index in [1.807, 2.05) is 11.3 Å². The van der Waals surface area contributed by atoms with E-state index in [4.69, 9.17) is 0 Å². The van der Waals surface area contributed by atoms with Crippen LogP contribution in [0, 0.1) is 5.92 Å². The van der Waals surface area contributed by atoms with Gasteiger partial charge >= 0.3 is 0 Å². The first-order valence-electron chi connectivity index (χ1n) is 7.02. The molecule has 2 heteroatoms. The van der Waals surface area contributed by atoms with E-state index in [1.54, 1.807) is 10.4 Å². The predicted octanol–water partition coefficient (Wildman–Crippen LogP) is 3.73. The van der Waals surface area contributed by atoms with Gasteiger partial charge in [-0.1, -0.05) is 13.8 Å². The maximum Gasteiger partial charge on any atom is 0.0167 e. The van der Waals surface area contributed by atoms with Gasteiger partial charge in [0, 0.05) is 16.3 Å². The zero-order valence-electron chi connectivity index (χ0n) is 11.0. The molecule has 1 aromatic heterocycles. The third-order valence-electron chi connectivity index (χ3n) is 4.64. The van der Waals surface area contributed by atoms with Crippen molar-refractivity contribution in [1.29, 1.82) is 0 Å². The number of nitrogens with one attached hydrogen (secondary N) is 1. The fourth-order valence-electron chi connectivity index (χ4n) is 3.92. The van der Waals surface area contributed by atoms with Gasteiger partial charge in [0.2, 0.25) is 0 Å². The summed E-state index contributed by atoms with van der Waals surface area (Å²) < 4.78 is 0. The predicted molar refractivity (Wildman–Crippen MR) is 74.8 cm³/mol. The standard InChI is InChI=1S/C15H23NS/c1-11(2)10-14-15(7-8-16-14)6-3-4-13-12(15)5-9-17-13/h5,9,11,14,16H,3-4,6-8,10H2,1-2H3. The second-order valence-electron chi connectivity index (χ2n) is 6.15. The molecule has 1 fully saturated rings. The highest BCUT2D eigenvalue weighted by Gasteiger charge is 2.46. The van der Waals surface area contributed by atoms with Gasteiger partial charge in [-0.3, -0.25) is 0 Å². The van der Waals surface area contributed by atoms with Gasteiger partial charge in [-0.2, -0.15) is 0 Å². The number of fused-ring (bicyclic) bond motifs is 2. The molecule has 1 aromatic rings. The maximum atomic E-state index is 3.78. The lowest BCUT2D eigenvalue weighted by molar-refractivity contribution is 0.285. The number of hydrogen-bond acceptors (Lipinski definition) is 2. The Balaban J connectivity index is 1.96. The van der Waals surface area contributed by atoms with E-state index >= 15 is 0 Å². The van der Waals surface area contributed by atoms with E-state index in [0.29, 0.717) is 5.41 Å². The first-order chi connectivity index (χ1) is 8.22. The van der Waals surface area contributed by atoms with Crippen LogP contribution in [-0.4, -0.2) is 12.6 Å². The molecule has 2 aliphatic rings. The molecule has 2 unspecified atom stereocenters. The van der Waals surface area contributed by atoms with Crippen molar-refractivity contribution in [2.75, 3.05) is 6.54 Å². The lowest BCUT2D eigenvalue weighted by atomic mass is 9.66. The minimum atomic E-state index is 0.484. The van der Waals surface area contributed by atoms with E-state index in [1.165, 1.54) is 38.6 Å². The Morgan fingerprint density at radius 3 is 3.18 bits per heavy atom. The van der Waals surface area contributed by atoms with Crippen molar-refractivity contribution in [3.05, 3.63) is 21.9 Å². The van der Waals surface area contributed by atoms with Crippen LogP contribution in [0.5, 0.6) is 0 Å². The largest absolute Gasteiger partial charge is 0.313 e. The zero-order chi connectivity index (χ0) is 11.9. The SMILES string of the molecule is CC(C)CC1NCCC12CCCc1sccc12. The molecule has 94 valence electrons. The Hall–Kier alpha value is -0.340. The van der Waals surface area contributed by atoms with E-state index < -0.39 is 0 Å². The summed E-state index contributed by atoms with van der Waals surface area (Å²) in [5, 5.41) is 6.09. The molecule has 1 spiro atoms. The smallest absolute Gasteiger partial charge is 0.0167 e. The number of aryl methyl sites for hydroxylation is 1. The van der Waals surface area contributed by atoms with Crippen molar-refractivity contribution in [2.45, 2.75) is 57.4 Å². The minimum Gasteiger partial charge on any atom is -0.313 e. The summed E-state index contributed by atoms with van der Waals surface area (Å²) in [6.07, 6.45) is 6.80. The molecular formula is C15H23NS.